The first-order valence-corrected chi connectivity index (χ1v) is 7.98. The zero-order valence-electron chi connectivity index (χ0n) is 13.5. The highest BCUT2D eigenvalue weighted by Crippen LogP contribution is 2.25. The highest BCUT2D eigenvalue weighted by Gasteiger charge is 2.17. The molecule has 1 fully saturated rings. The second-order valence-corrected chi connectivity index (χ2v) is 5.67. The molecule has 0 radical (unpaired) electrons. The summed E-state index contributed by atoms with van der Waals surface area (Å²) in [5.41, 5.74) is 1.23. The topological polar surface area (TPSA) is 33.7 Å². The van der Waals surface area contributed by atoms with Gasteiger partial charge in [0.25, 0.3) is 0 Å². The van der Waals surface area contributed by atoms with E-state index in [-0.39, 0.29) is 6.04 Å². The van der Waals surface area contributed by atoms with Gasteiger partial charge in [0.2, 0.25) is 0 Å². The van der Waals surface area contributed by atoms with Crippen LogP contribution in [0, 0.1) is 0 Å². The lowest BCUT2D eigenvalue weighted by Crippen LogP contribution is -2.45. The molecule has 1 N–H and O–H groups in total. The Morgan fingerprint density at radius 2 is 1.95 bits per heavy atom. The van der Waals surface area contributed by atoms with Crippen LogP contribution in [-0.2, 0) is 4.74 Å². The largest absolute Gasteiger partial charge is 0.494 e. The molecule has 4 nitrogen and oxygen atoms in total. The zero-order valence-corrected chi connectivity index (χ0v) is 13.5. The van der Waals surface area contributed by atoms with Crippen LogP contribution in [0.1, 0.15) is 32.4 Å². The number of ether oxygens (including phenoxy) is 2. The zero-order chi connectivity index (χ0) is 15.1. The Labute approximate surface area is 128 Å². The molecule has 0 bridgehead atoms. The van der Waals surface area contributed by atoms with E-state index >= 15 is 0 Å². The van der Waals surface area contributed by atoms with Crippen LogP contribution < -0.4 is 10.1 Å². The molecule has 1 aromatic rings. The molecule has 4 heteroatoms. The minimum Gasteiger partial charge on any atom is -0.494 e. The van der Waals surface area contributed by atoms with Crippen molar-refractivity contribution < 1.29 is 9.47 Å². The summed E-state index contributed by atoms with van der Waals surface area (Å²) in [5, 5.41) is 3.68. The first kappa shape index (κ1) is 16.3. The molecule has 0 amide bonds. The Morgan fingerprint density at radius 1 is 1.24 bits per heavy atom. The van der Waals surface area contributed by atoms with Gasteiger partial charge in [-0.3, -0.25) is 4.90 Å². The maximum atomic E-state index is 5.72. The van der Waals surface area contributed by atoms with E-state index in [1.165, 1.54) is 5.56 Å². The molecular weight excluding hydrogens is 264 g/mol. The van der Waals surface area contributed by atoms with Crippen LogP contribution in [0.2, 0.25) is 0 Å². The third-order valence-electron chi connectivity index (χ3n) is 3.86. The van der Waals surface area contributed by atoms with Crippen LogP contribution in [0.25, 0.3) is 0 Å². The van der Waals surface area contributed by atoms with Crippen molar-refractivity contribution in [3.05, 3.63) is 29.8 Å². The van der Waals surface area contributed by atoms with Crippen molar-refractivity contribution in [3.8, 4) is 5.75 Å². The fourth-order valence-electron chi connectivity index (χ4n) is 2.87. The summed E-state index contributed by atoms with van der Waals surface area (Å²) >= 11 is 0. The second-order valence-electron chi connectivity index (χ2n) is 5.67. The Bertz CT molecular complexity index is 419. The smallest absolute Gasteiger partial charge is 0.124 e. The molecular formula is C17H28N2O2. The molecule has 118 valence electrons. The fourth-order valence-corrected chi connectivity index (χ4v) is 2.87. The molecule has 2 rings (SSSR count). The van der Waals surface area contributed by atoms with Gasteiger partial charge in [0.1, 0.15) is 5.75 Å². The van der Waals surface area contributed by atoms with E-state index in [1.54, 1.807) is 0 Å². The summed E-state index contributed by atoms with van der Waals surface area (Å²) in [6.45, 7) is 12.0. The van der Waals surface area contributed by atoms with Crippen molar-refractivity contribution in [2.45, 2.75) is 32.9 Å². The number of para-hydroxylation sites is 1. The van der Waals surface area contributed by atoms with Gasteiger partial charge < -0.3 is 14.8 Å². The van der Waals surface area contributed by atoms with Gasteiger partial charge in [-0.15, -0.1) is 0 Å². The molecule has 1 aliphatic heterocycles. The summed E-state index contributed by atoms with van der Waals surface area (Å²) < 4.78 is 11.1. The summed E-state index contributed by atoms with van der Waals surface area (Å²) in [7, 11) is 0. The second kappa shape index (κ2) is 8.37. The molecule has 21 heavy (non-hydrogen) atoms. The lowest BCUT2D eigenvalue weighted by atomic mass is 10.1. The molecule has 0 saturated carbocycles. The third-order valence-corrected chi connectivity index (χ3v) is 3.86. The predicted molar refractivity (Wildman–Crippen MR) is 85.9 cm³/mol. The number of hydrogen-bond donors (Lipinski definition) is 1. The standard InChI is InChI=1S/C17H28N2O2/c1-4-21-17-8-6-5-7-16(17)15(3)18-14(2)13-19-9-11-20-12-10-19/h5-8,14-15,18H,4,9-13H2,1-3H3. The molecule has 0 aliphatic carbocycles. The quantitative estimate of drug-likeness (QED) is 0.837. The van der Waals surface area contributed by atoms with Gasteiger partial charge in [-0.2, -0.15) is 0 Å². The molecule has 0 spiro atoms. The monoisotopic (exact) mass is 292 g/mol. The maximum Gasteiger partial charge on any atom is 0.124 e. The molecule has 1 heterocycles. The first-order valence-electron chi connectivity index (χ1n) is 7.98. The van der Waals surface area contributed by atoms with Crippen molar-refractivity contribution >= 4 is 0 Å². The van der Waals surface area contributed by atoms with Crippen LogP contribution in [-0.4, -0.2) is 50.4 Å². The molecule has 2 unspecified atom stereocenters. The van der Waals surface area contributed by atoms with Crippen molar-refractivity contribution in [2.24, 2.45) is 0 Å². The van der Waals surface area contributed by atoms with Gasteiger partial charge in [0.15, 0.2) is 0 Å². The molecule has 1 aromatic carbocycles. The minimum absolute atomic E-state index is 0.281. The van der Waals surface area contributed by atoms with E-state index < -0.39 is 0 Å². The Hall–Kier alpha value is -1.10. The normalized spacial score (nSPS) is 19.2. The van der Waals surface area contributed by atoms with Gasteiger partial charge in [-0.1, -0.05) is 18.2 Å². The van der Waals surface area contributed by atoms with Gasteiger partial charge in [0, 0.05) is 37.3 Å². The SMILES string of the molecule is CCOc1ccccc1C(C)NC(C)CN1CCOCC1. The summed E-state index contributed by atoms with van der Waals surface area (Å²) in [4.78, 5) is 2.46. The van der Waals surface area contributed by atoms with E-state index in [0.29, 0.717) is 12.6 Å². The predicted octanol–water partition coefficient (Wildman–Crippen LogP) is 2.46. The fraction of sp³-hybridized carbons (Fsp3) is 0.647. The summed E-state index contributed by atoms with van der Waals surface area (Å²) in [5.74, 6) is 0.985. The average Bonchev–Trinajstić information content (AvgIpc) is 2.49. The first-order chi connectivity index (χ1) is 10.2. The molecule has 2 atom stereocenters. The van der Waals surface area contributed by atoms with Gasteiger partial charge in [0.05, 0.1) is 19.8 Å². The Balaban J connectivity index is 1.89. The highest BCUT2D eigenvalue weighted by atomic mass is 16.5. The van der Waals surface area contributed by atoms with Crippen molar-refractivity contribution in [1.82, 2.24) is 10.2 Å². The number of rotatable bonds is 7. The number of nitrogens with one attached hydrogen (secondary N) is 1. The van der Waals surface area contributed by atoms with Gasteiger partial charge >= 0.3 is 0 Å². The van der Waals surface area contributed by atoms with Gasteiger partial charge in [-0.25, -0.2) is 0 Å². The van der Waals surface area contributed by atoms with Crippen LogP contribution in [0.15, 0.2) is 24.3 Å². The van der Waals surface area contributed by atoms with E-state index in [0.717, 1.165) is 38.6 Å². The number of hydrogen-bond acceptors (Lipinski definition) is 4. The van der Waals surface area contributed by atoms with Crippen LogP contribution in [0.3, 0.4) is 0 Å². The average molecular weight is 292 g/mol. The van der Waals surface area contributed by atoms with E-state index in [2.05, 4.69) is 36.2 Å². The Kier molecular flexibility index (Phi) is 6.49. The number of nitrogens with zero attached hydrogens (tertiary/aromatic N) is 1. The van der Waals surface area contributed by atoms with Gasteiger partial charge in [-0.05, 0) is 26.8 Å². The van der Waals surface area contributed by atoms with Crippen molar-refractivity contribution in [3.63, 3.8) is 0 Å². The van der Waals surface area contributed by atoms with Crippen molar-refractivity contribution in [2.75, 3.05) is 39.5 Å². The maximum absolute atomic E-state index is 5.72. The molecule has 0 aromatic heterocycles. The molecule has 1 aliphatic rings. The van der Waals surface area contributed by atoms with E-state index in [1.807, 2.05) is 19.1 Å². The highest BCUT2D eigenvalue weighted by molar-refractivity contribution is 5.35. The van der Waals surface area contributed by atoms with Crippen LogP contribution in [0.4, 0.5) is 0 Å². The number of benzene rings is 1. The van der Waals surface area contributed by atoms with Crippen LogP contribution in [0.5, 0.6) is 5.75 Å². The third kappa shape index (κ3) is 4.99. The lowest BCUT2D eigenvalue weighted by Gasteiger charge is -2.31. The summed E-state index contributed by atoms with van der Waals surface area (Å²) in [6.07, 6.45) is 0. The molecule has 1 saturated heterocycles. The van der Waals surface area contributed by atoms with E-state index in [9.17, 15) is 0 Å². The van der Waals surface area contributed by atoms with Crippen LogP contribution >= 0.6 is 0 Å². The Morgan fingerprint density at radius 3 is 2.67 bits per heavy atom. The minimum atomic E-state index is 0.281. The number of morpholine rings is 1. The van der Waals surface area contributed by atoms with E-state index in [4.69, 9.17) is 9.47 Å². The van der Waals surface area contributed by atoms with Crippen molar-refractivity contribution in [1.29, 1.82) is 0 Å². The summed E-state index contributed by atoms with van der Waals surface area (Å²) in [6, 6.07) is 9.01. The lowest BCUT2D eigenvalue weighted by molar-refractivity contribution is 0.0339.